The van der Waals surface area contributed by atoms with Gasteiger partial charge in [-0.15, -0.1) is 10.2 Å². The lowest BCUT2D eigenvalue weighted by molar-refractivity contribution is 0.223. The minimum atomic E-state index is -0.238. The highest BCUT2D eigenvalue weighted by Gasteiger charge is 2.37. The van der Waals surface area contributed by atoms with Gasteiger partial charge in [0.2, 0.25) is 17.6 Å². The highest BCUT2D eigenvalue weighted by molar-refractivity contribution is 6.30. The van der Waals surface area contributed by atoms with E-state index >= 15 is 0 Å². The van der Waals surface area contributed by atoms with Gasteiger partial charge in [-0.2, -0.15) is 10.2 Å². The van der Waals surface area contributed by atoms with Crippen molar-refractivity contribution in [2.45, 2.75) is 19.6 Å². The van der Waals surface area contributed by atoms with Crippen molar-refractivity contribution in [3.63, 3.8) is 0 Å². The molecular formula is C24H19ClN10O2. The van der Waals surface area contributed by atoms with E-state index in [1.54, 1.807) is 50.7 Å². The Hall–Kier alpha value is -4.71. The molecule has 12 nitrogen and oxygen atoms in total. The second-order valence-corrected chi connectivity index (χ2v) is 9.10. The molecule has 13 heteroatoms. The summed E-state index contributed by atoms with van der Waals surface area (Å²) >= 11 is 5.97. The van der Waals surface area contributed by atoms with Crippen LogP contribution in [0.2, 0.25) is 5.02 Å². The Bertz CT molecular complexity index is 1760. The van der Waals surface area contributed by atoms with Crippen molar-refractivity contribution >= 4 is 17.2 Å². The van der Waals surface area contributed by atoms with Gasteiger partial charge in [-0.1, -0.05) is 11.6 Å². The van der Waals surface area contributed by atoms with Crippen LogP contribution in [0.5, 0.6) is 17.5 Å². The molecule has 1 aliphatic heterocycles. The van der Waals surface area contributed by atoms with E-state index in [0.717, 1.165) is 22.4 Å². The van der Waals surface area contributed by atoms with E-state index < -0.39 is 0 Å². The number of H-pyrrole nitrogens is 1. The summed E-state index contributed by atoms with van der Waals surface area (Å²) in [5.41, 5.74) is 4.89. The highest BCUT2D eigenvalue weighted by atomic mass is 35.5. The van der Waals surface area contributed by atoms with Gasteiger partial charge in [-0.3, -0.25) is 9.78 Å². The van der Waals surface area contributed by atoms with E-state index in [9.17, 15) is 0 Å². The molecule has 0 unspecified atom stereocenters. The number of fused-ring (bicyclic) bond motifs is 4. The summed E-state index contributed by atoms with van der Waals surface area (Å²) in [7, 11) is 1.88. The number of aromatic nitrogens is 10. The van der Waals surface area contributed by atoms with Crippen LogP contribution in [-0.2, 0) is 13.8 Å². The first kappa shape index (κ1) is 21.6. The summed E-state index contributed by atoms with van der Waals surface area (Å²) in [6.07, 6.45) is 7.07. The fourth-order valence-corrected chi connectivity index (χ4v) is 4.71. The lowest BCUT2D eigenvalue weighted by Gasteiger charge is -2.24. The van der Waals surface area contributed by atoms with Crippen LogP contribution in [0.4, 0.5) is 0 Å². The van der Waals surface area contributed by atoms with Crippen molar-refractivity contribution in [1.82, 2.24) is 49.3 Å². The molecule has 7 rings (SSSR count). The van der Waals surface area contributed by atoms with E-state index in [4.69, 9.17) is 31.2 Å². The van der Waals surface area contributed by atoms with Gasteiger partial charge in [0.1, 0.15) is 17.8 Å². The summed E-state index contributed by atoms with van der Waals surface area (Å²) in [5.74, 6) is 1.84. The lowest BCUT2D eigenvalue weighted by atomic mass is 9.86. The van der Waals surface area contributed by atoms with Crippen LogP contribution in [0.1, 0.15) is 28.3 Å². The first-order valence-electron chi connectivity index (χ1n) is 11.4. The number of nitrogens with zero attached hydrogens (tertiary/aromatic N) is 9. The maximum Gasteiger partial charge on any atom is 0.244 e. The van der Waals surface area contributed by atoms with Crippen molar-refractivity contribution < 1.29 is 9.47 Å². The standard InChI is InChI=1S/C24H19ClN10O2/c1-13-18-19(14-9-28-33(2)10-14)20-22-29-21(32-34(22)11-26-23(20)37-24(18)31-30-13)17-7-8-27-35(17)12-36-16-5-3-15(25)4-6-16/h3-11,19H,12H2,1-2H3,(H,30,31)/t19-/m1/s1. The quantitative estimate of drug-likeness (QED) is 0.368. The Morgan fingerprint density at radius 1 is 1.11 bits per heavy atom. The van der Waals surface area contributed by atoms with Crippen molar-refractivity contribution in [1.29, 1.82) is 0 Å². The van der Waals surface area contributed by atoms with Crippen LogP contribution in [-0.4, -0.2) is 49.3 Å². The zero-order valence-corrected chi connectivity index (χ0v) is 20.5. The fraction of sp³-hybridized carbons (Fsp3) is 0.167. The summed E-state index contributed by atoms with van der Waals surface area (Å²) in [5, 5.41) is 21.5. The third-order valence-electron chi connectivity index (χ3n) is 6.29. The normalized spacial score (nSPS) is 14.4. The number of nitrogens with one attached hydrogen (secondary N) is 1. The number of rotatable bonds is 5. The van der Waals surface area contributed by atoms with Gasteiger partial charge in [-0.25, -0.2) is 19.2 Å². The Balaban J connectivity index is 1.31. The molecule has 0 bridgehead atoms. The Kier molecular flexibility index (Phi) is 4.76. The molecule has 0 saturated carbocycles. The molecule has 0 saturated heterocycles. The largest absolute Gasteiger partial charge is 0.471 e. The van der Waals surface area contributed by atoms with Crippen LogP contribution in [0.25, 0.3) is 17.2 Å². The second-order valence-electron chi connectivity index (χ2n) is 8.66. The van der Waals surface area contributed by atoms with Crippen LogP contribution in [0.15, 0.2) is 55.2 Å². The molecule has 0 spiro atoms. The minimum absolute atomic E-state index is 0.175. The van der Waals surface area contributed by atoms with Crippen molar-refractivity contribution in [2.24, 2.45) is 7.05 Å². The third kappa shape index (κ3) is 3.52. The average molecular weight is 515 g/mol. The van der Waals surface area contributed by atoms with E-state index in [1.165, 1.54) is 0 Å². The molecule has 184 valence electrons. The molecule has 6 aromatic rings. The zero-order chi connectivity index (χ0) is 25.1. The number of aryl methyl sites for hydroxylation is 2. The molecule has 0 radical (unpaired) electrons. The molecule has 1 atom stereocenters. The minimum Gasteiger partial charge on any atom is -0.471 e. The number of benzene rings is 1. The van der Waals surface area contributed by atoms with Gasteiger partial charge in [-0.05, 0) is 37.3 Å². The summed E-state index contributed by atoms with van der Waals surface area (Å²) < 4.78 is 17.1. The highest BCUT2D eigenvalue weighted by Crippen LogP contribution is 2.48. The third-order valence-corrected chi connectivity index (χ3v) is 6.54. The predicted octanol–water partition coefficient (Wildman–Crippen LogP) is 3.73. The zero-order valence-electron chi connectivity index (χ0n) is 19.7. The van der Waals surface area contributed by atoms with Crippen LogP contribution < -0.4 is 9.47 Å². The summed E-state index contributed by atoms with van der Waals surface area (Å²) in [4.78, 5) is 9.44. The van der Waals surface area contributed by atoms with Crippen molar-refractivity contribution in [2.75, 3.05) is 0 Å². The van der Waals surface area contributed by atoms with E-state index in [0.29, 0.717) is 39.7 Å². The smallest absolute Gasteiger partial charge is 0.244 e. The molecule has 1 N–H and O–H groups in total. The number of hydrogen-bond donors (Lipinski definition) is 1. The molecular weight excluding hydrogens is 496 g/mol. The Morgan fingerprint density at radius 3 is 2.78 bits per heavy atom. The van der Waals surface area contributed by atoms with E-state index in [1.807, 2.05) is 32.4 Å². The molecule has 0 fully saturated rings. The maximum absolute atomic E-state index is 6.08. The van der Waals surface area contributed by atoms with Gasteiger partial charge >= 0.3 is 0 Å². The predicted molar refractivity (Wildman–Crippen MR) is 132 cm³/mol. The first-order valence-corrected chi connectivity index (χ1v) is 11.8. The Labute approximate surface area is 214 Å². The number of halogens is 1. The summed E-state index contributed by atoms with van der Waals surface area (Å²) in [6.45, 7) is 2.14. The first-order chi connectivity index (χ1) is 18.0. The van der Waals surface area contributed by atoms with E-state index in [2.05, 4.69) is 25.4 Å². The van der Waals surface area contributed by atoms with Crippen molar-refractivity contribution in [3.05, 3.63) is 82.7 Å². The van der Waals surface area contributed by atoms with E-state index in [-0.39, 0.29) is 12.6 Å². The number of hydrogen-bond acceptors (Lipinski definition) is 8. The SMILES string of the molecule is Cc1[nH]nc2c1[C@@H](c1cnn(C)c1)c1c(ncn3nc(-c4ccnn4COc4ccc(Cl)cc4)nc13)O2. The molecule has 1 aliphatic rings. The molecule has 1 aromatic carbocycles. The van der Waals surface area contributed by atoms with Gasteiger partial charge in [0.25, 0.3) is 0 Å². The van der Waals surface area contributed by atoms with Gasteiger partial charge in [0.05, 0.1) is 17.7 Å². The topological polar surface area (TPSA) is 126 Å². The summed E-state index contributed by atoms with van der Waals surface area (Å²) in [6, 6.07) is 8.99. The van der Waals surface area contributed by atoms with Crippen LogP contribution >= 0.6 is 11.6 Å². The molecule has 0 aliphatic carbocycles. The molecule has 6 heterocycles. The van der Waals surface area contributed by atoms with Gasteiger partial charge < -0.3 is 9.47 Å². The Morgan fingerprint density at radius 2 is 1.97 bits per heavy atom. The number of aromatic amines is 1. The molecule has 37 heavy (non-hydrogen) atoms. The monoisotopic (exact) mass is 514 g/mol. The maximum atomic E-state index is 6.08. The molecule has 5 aromatic heterocycles. The van der Waals surface area contributed by atoms with Crippen LogP contribution in [0, 0.1) is 6.92 Å². The van der Waals surface area contributed by atoms with Gasteiger partial charge in [0.15, 0.2) is 12.4 Å². The fourth-order valence-electron chi connectivity index (χ4n) is 4.59. The average Bonchev–Trinajstić information content (AvgIpc) is 3.69. The second kappa shape index (κ2) is 8.17. The lowest BCUT2D eigenvalue weighted by Crippen LogP contribution is -2.14. The van der Waals surface area contributed by atoms with Gasteiger partial charge in [0, 0.05) is 41.3 Å². The van der Waals surface area contributed by atoms with Crippen LogP contribution in [0.3, 0.4) is 0 Å². The van der Waals surface area contributed by atoms with Crippen molar-refractivity contribution in [3.8, 4) is 29.0 Å². The number of ether oxygens (including phenoxy) is 2. The molecule has 0 amide bonds.